The second-order valence-electron chi connectivity index (χ2n) is 10.5. The number of nitrogens with one attached hydrogen (secondary N) is 1. The van der Waals surface area contributed by atoms with Crippen LogP contribution >= 0.6 is 0 Å². The van der Waals surface area contributed by atoms with Crippen LogP contribution < -0.4 is 19.1 Å². The van der Waals surface area contributed by atoms with Crippen molar-refractivity contribution in [3.8, 4) is 11.5 Å². The predicted molar refractivity (Wildman–Crippen MR) is 164 cm³/mol. The third kappa shape index (κ3) is 8.25. The van der Waals surface area contributed by atoms with Crippen LogP contribution in [-0.4, -0.2) is 58.0 Å². The van der Waals surface area contributed by atoms with Crippen LogP contribution in [0.3, 0.4) is 0 Å². The Bertz CT molecular complexity index is 1520. The van der Waals surface area contributed by atoms with Gasteiger partial charge in [0.2, 0.25) is 11.8 Å². The largest absolute Gasteiger partial charge is 0.493 e. The summed E-state index contributed by atoms with van der Waals surface area (Å²) in [7, 11) is -1.47. The van der Waals surface area contributed by atoms with Gasteiger partial charge in [0.05, 0.1) is 24.8 Å². The van der Waals surface area contributed by atoms with Gasteiger partial charge < -0.3 is 19.7 Å². The van der Waals surface area contributed by atoms with Crippen LogP contribution in [0.4, 0.5) is 10.1 Å². The minimum atomic E-state index is -4.32. The molecule has 0 bridgehead atoms. The quantitative estimate of drug-likeness (QED) is 0.291. The summed E-state index contributed by atoms with van der Waals surface area (Å²) in [5.74, 6) is -0.873. The third-order valence-corrected chi connectivity index (χ3v) is 8.92. The molecule has 0 aromatic heterocycles. The van der Waals surface area contributed by atoms with E-state index in [4.69, 9.17) is 9.47 Å². The number of sulfonamides is 1. The van der Waals surface area contributed by atoms with Crippen LogP contribution in [0, 0.1) is 19.7 Å². The number of carbonyl (C=O) groups is 2. The first-order chi connectivity index (χ1) is 20.3. The van der Waals surface area contributed by atoms with Crippen molar-refractivity contribution >= 4 is 27.5 Å². The normalized spacial score (nSPS) is 12.7. The van der Waals surface area contributed by atoms with Gasteiger partial charge in [-0.1, -0.05) is 25.1 Å². The first kappa shape index (κ1) is 33.4. The number of methoxy groups -OCH3 is 2. The molecule has 43 heavy (non-hydrogen) atoms. The second-order valence-corrected chi connectivity index (χ2v) is 12.4. The molecule has 0 heterocycles. The maximum atomic E-state index is 14.2. The molecule has 232 valence electrons. The molecule has 3 aromatic rings. The molecule has 0 radical (unpaired) electrons. The molecular formula is C32H40FN3O6S. The Balaban J connectivity index is 2.10. The molecule has 0 spiro atoms. The summed E-state index contributed by atoms with van der Waals surface area (Å²) in [6.45, 7) is 8.41. The topological polar surface area (TPSA) is 105 Å². The summed E-state index contributed by atoms with van der Waals surface area (Å²) < 4.78 is 53.7. The Morgan fingerprint density at radius 3 is 2.07 bits per heavy atom. The van der Waals surface area contributed by atoms with Gasteiger partial charge in [0, 0.05) is 18.7 Å². The molecule has 3 rings (SSSR count). The Kier molecular flexibility index (Phi) is 11.2. The van der Waals surface area contributed by atoms with E-state index in [1.807, 2.05) is 33.8 Å². The third-order valence-electron chi connectivity index (χ3n) is 7.15. The summed E-state index contributed by atoms with van der Waals surface area (Å²) >= 11 is 0. The predicted octanol–water partition coefficient (Wildman–Crippen LogP) is 4.99. The van der Waals surface area contributed by atoms with Crippen molar-refractivity contribution in [2.45, 2.75) is 64.6 Å². The van der Waals surface area contributed by atoms with Gasteiger partial charge in [-0.25, -0.2) is 12.8 Å². The van der Waals surface area contributed by atoms with Gasteiger partial charge in [0.15, 0.2) is 11.5 Å². The molecule has 2 unspecified atom stereocenters. The zero-order chi connectivity index (χ0) is 31.9. The molecule has 0 fully saturated rings. The standard InChI is InChI=1S/C32H40FN3O6S/c1-8-23(4)34-32(38)24(5)35(19-25-9-11-26(33)12-10-25)31(37)20-36(27-16-21(2)15-22(3)17-27)43(39,40)28-13-14-29(41-6)30(18-28)42-7/h9-18,23-24H,8,19-20H2,1-7H3,(H,34,38). The van der Waals surface area contributed by atoms with Gasteiger partial charge in [0.25, 0.3) is 10.0 Å². The first-order valence-corrected chi connectivity index (χ1v) is 15.4. The van der Waals surface area contributed by atoms with Crippen molar-refractivity contribution in [3.63, 3.8) is 0 Å². The van der Waals surface area contributed by atoms with E-state index in [0.717, 1.165) is 15.4 Å². The van der Waals surface area contributed by atoms with Gasteiger partial charge >= 0.3 is 0 Å². The number of aryl methyl sites for hydroxylation is 2. The zero-order valence-corrected chi connectivity index (χ0v) is 26.5. The van der Waals surface area contributed by atoms with E-state index in [1.165, 1.54) is 61.6 Å². The number of nitrogens with zero attached hydrogens (tertiary/aromatic N) is 2. The highest BCUT2D eigenvalue weighted by molar-refractivity contribution is 7.92. The van der Waals surface area contributed by atoms with E-state index >= 15 is 0 Å². The van der Waals surface area contributed by atoms with E-state index in [9.17, 15) is 22.4 Å². The number of amides is 2. The lowest BCUT2D eigenvalue weighted by atomic mass is 10.1. The van der Waals surface area contributed by atoms with Gasteiger partial charge in [-0.2, -0.15) is 0 Å². The lowest BCUT2D eigenvalue weighted by Crippen LogP contribution is -2.52. The number of benzene rings is 3. The summed E-state index contributed by atoms with van der Waals surface area (Å²) in [4.78, 5) is 28.5. The number of ether oxygens (including phenoxy) is 2. The molecule has 0 saturated carbocycles. The number of halogens is 1. The van der Waals surface area contributed by atoms with Crippen LogP contribution in [0.25, 0.3) is 0 Å². The fraction of sp³-hybridized carbons (Fsp3) is 0.375. The minimum Gasteiger partial charge on any atom is -0.493 e. The monoisotopic (exact) mass is 613 g/mol. The summed E-state index contributed by atoms with van der Waals surface area (Å²) in [5.41, 5.74) is 2.48. The van der Waals surface area contributed by atoms with E-state index in [0.29, 0.717) is 23.4 Å². The molecule has 3 aromatic carbocycles. The lowest BCUT2D eigenvalue weighted by molar-refractivity contribution is -0.139. The number of carbonyl (C=O) groups excluding carboxylic acids is 2. The minimum absolute atomic E-state index is 0.0364. The van der Waals surface area contributed by atoms with Gasteiger partial charge in [-0.15, -0.1) is 0 Å². The lowest BCUT2D eigenvalue weighted by Gasteiger charge is -2.32. The molecule has 1 N–H and O–H groups in total. The van der Waals surface area contributed by atoms with Crippen molar-refractivity contribution < 1.29 is 31.9 Å². The highest BCUT2D eigenvalue weighted by Gasteiger charge is 2.33. The highest BCUT2D eigenvalue weighted by atomic mass is 32.2. The molecule has 0 saturated heterocycles. The average Bonchev–Trinajstić information content (AvgIpc) is 2.97. The highest BCUT2D eigenvalue weighted by Crippen LogP contribution is 2.33. The number of rotatable bonds is 13. The molecule has 2 amide bonds. The molecule has 11 heteroatoms. The summed E-state index contributed by atoms with van der Waals surface area (Å²) in [6, 6.07) is 14.0. The first-order valence-electron chi connectivity index (χ1n) is 14.0. The molecule has 0 aliphatic heterocycles. The fourth-order valence-electron chi connectivity index (χ4n) is 4.56. The molecule has 9 nitrogen and oxygen atoms in total. The van der Waals surface area contributed by atoms with Crippen molar-refractivity contribution in [3.05, 3.63) is 83.2 Å². The zero-order valence-electron chi connectivity index (χ0n) is 25.7. The van der Waals surface area contributed by atoms with Crippen molar-refractivity contribution in [1.29, 1.82) is 0 Å². The fourth-order valence-corrected chi connectivity index (χ4v) is 5.98. The Hall–Kier alpha value is -4.12. The van der Waals surface area contributed by atoms with E-state index < -0.39 is 34.3 Å². The molecular weight excluding hydrogens is 573 g/mol. The maximum Gasteiger partial charge on any atom is 0.264 e. The molecule has 2 atom stereocenters. The SMILES string of the molecule is CCC(C)NC(=O)C(C)N(Cc1ccc(F)cc1)C(=O)CN(c1cc(C)cc(C)c1)S(=O)(=O)c1ccc(OC)c(OC)c1. The van der Waals surface area contributed by atoms with Crippen LogP contribution in [-0.2, 0) is 26.2 Å². The van der Waals surface area contributed by atoms with E-state index in [1.54, 1.807) is 19.1 Å². The maximum absolute atomic E-state index is 14.2. The Labute approximate surface area is 253 Å². The van der Waals surface area contributed by atoms with Crippen LogP contribution in [0.5, 0.6) is 11.5 Å². The number of hydrogen-bond acceptors (Lipinski definition) is 6. The van der Waals surface area contributed by atoms with E-state index in [-0.39, 0.29) is 29.1 Å². The number of hydrogen-bond donors (Lipinski definition) is 1. The van der Waals surface area contributed by atoms with Crippen molar-refractivity contribution in [2.24, 2.45) is 0 Å². The van der Waals surface area contributed by atoms with Gasteiger partial charge in [0.1, 0.15) is 18.4 Å². The summed E-state index contributed by atoms with van der Waals surface area (Å²) in [6.07, 6.45) is 0.689. The van der Waals surface area contributed by atoms with Gasteiger partial charge in [-0.3, -0.25) is 13.9 Å². The Morgan fingerprint density at radius 2 is 1.51 bits per heavy atom. The second kappa shape index (κ2) is 14.4. The van der Waals surface area contributed by atoms with E-state index in [2.05, 4.69) is 5.32 Å². The van der Waals surface area contributed by atoms with Crippen molar-refractivity contribution in [1.82, 2.24) is 10.2 Å². The van der Waals surface area contributed by atoms with Crippen LogP contribution in [0.2, 0.25) is 0 Å². The average molecular weight is 614 g/mol. The van der Waals surface area contributed by atoms with Gasteiger partial charge in [-0.05, 0) is 87.2 Å². The molecule has 0 aliphatic rings. The molecule has 0 aliphatic carbocycles. The number of anilines is 1. The van der Waals surface area contributed by atoms with Crippen molar-refractivity contribution in [2.75, 3.05) is 25.1 Å². The Morgan fingerprint density at radius 1 is 0.907 bits per heavy atom. The smallest absolute Gasteiger partial charge is 0.264 e. The van der Waals surface area contributed by atoms with Crippen LogP contribution in [0.1, 0.15) is 43.9 Å². The van der Waals surface area contributed by atoms with Crippen LogP contribution in [0.15, 0.2) is 65.6 Å². The summed E-state index contributed by atoms with van der Waals surface area (Å²) in [5, 5.41) is 2.89.